The number of amides is 1. The number of methoxy groups -OCH3 is 3. The van der Waals surface area contributed by atoms with E-state index in [0.717, 1.165) is 5.69 Å². The van der Waals surface area contributed by atoms with Gasteiger partial charge in [0.1, 0.15) is 0 Å². The van der Waals surface area contributed by atoms with E-state index in [-0.39, 0.29) is 12.5 Å². The van der Waals surface area contributed by atoms with Crippen LogP contribution >= 0.6 is 0 Å². The summed E-state index contributed by atoms with van der Waals surface area (Å²) in [4.78, 5) is 14.3. The molecular weight excluding hydrogens is 320 g/mol. The predicted octanol–water partition coefficient (Wildman–Crippen LogP) is 3.18. The highest BCUT2D eigenvalue weighted by Gasteiger charge is 2.16. The second-order valence-corrected chi connectivity index (χ2v) is 5.24. The minimum atomic E-state index is -0.0255. The van der Waals surface area contributed by atoms with Crippen LogP contribution in [-0.4, -0.2) is 40.3 Å². The maximum absolute atomic E-state index is 12.6. The molecule has 1 amide bonds. The van der Waals surface area contributed by atoms with E-state index < -0.39 is 0 Å². The Balaban J connectivity index is 2.13. The van der Waals surface area contributed by atoms with Crippen molar-refractivity contribution in [3.8, 4) is 17.2 Å². The van der Waals surface area contributed by atoms with Crippen molar-refractivity contribution in [1.29, 1.82) is 0 Å². The van der Waals surface area contributed by atoms with Gasteiger partial charge in [0.2, 0.25) is 11.7 Å². The van der Waals surface area contributed by atoms with Crippen LogP contribution in [0.1, 0.15) is 6.92 Å². The van der Waals surface area contributed by atoms with Gasteiger partial charge in [0, 0.05) is 30.1 Å². The number of hydrogen-bond donors (Lipinski definition) is 1. The largest absolute Gasteiger partial charge is 0.493 e. The van der Waals surface area contributed by atoms with Crippen LogP contribution in [-0.2, 0) is 4.79 Å². The Bertz CT molecular complexity index is 679. The number of ether oxygens (including phenoxy) is 3. The van der Waals surface area contributed by atoms with Crippen LogP contribution in [0, 0.1) is 0 Å². The average molecular weight is 344 g/mol. The minimum Gasteiger partial charge on any atom is -0.493 e. The fraction of sp³-hybridized carbons (Fsp3) is 0.316. The third kappa shape index (κ3) is 4.35. The number of nitrogens with zero attached hydrogens (tertiary/aromatic N) is 1. The Labute approximate surface area is 148 Å². The molecular formula is C19H24N2O4. The summed E-state index contributed by atoms with van der Waals surface area (Å²) in [5.41, 5.74) is 1.59. The molecule has 0 spiro atoms. The molecule has 0 aliphatic carbocycles. The molecule has 0 atom stereocenters. The first-order chi connectivity index (χ1) is 12.1. The van der Waals surface area contributed by atoms with Gasteiger partial charge in [-0.15, -0.1) is 0 Å². The highest BCUT2D eigenvalue weighted by atomic mass is 16.5. The highest BCUT2D eigenvalue weighted by Crippen LogP contribution is 2.39. The lowest BCUT2D eigenvalue weighted by molar-refractivity contribution is -0.116. The van der Waals surface area contributed by atoms with Crippen LogP contribution in [0.5, 0.6) is 17.2 Å². The number of rotatable bonds is 8. The molecule has 0 unspecified atom stereocenters. The number of nitrogens with one attached hydrogen (secondary N) is 1. The van der Waals surface area contributed by atoms with Crippen molar-refractivity contribution in [2.24, 2.45) is 0 Å². The number of likely N-dealkylation sites (N-methyl/N-ethyl adjacent to an activating group) is 1. The average Bonchev–Trinajstić information content (AvgIpc) is 2.66. The van der Waals surface area contributed by atoms with E-state index in [9.17, 15) is 4.79 Å². The Morgan fingerprint density at radius 1 is 1.00 bits per heavy atom. The van der Waals surface area contributed by atoms with Gasteiger partial charge >= 0.3 is 0 Å². The van der Waals surface area contributed by atoms with Gasteiger partial charge in [0.05, 0.1) is 27.9 Å². The SMILES string of the molecule is CCN(C(=O)CNc1cc(OC)c(OC)c(OC)c1)c1ccccc1. The summed E-state index contributed by atoms with van der Waals surface area (Å²) in [5.74, 6) is 1.56. The second kappa shape index (κ2) is 8.82. The minimum absolute atomic E-state index is 0.0255. The molecule has 134 valence electrons. The summed E-state index contributed by atoms with van der Waals surface area (Å²) in [5, 5.41) is 3.12. The van der Waals surface area contributed by atoms with Crippen molar-refractivity contribution in [3.63, 3.8) is 0 Å². The Morgan fingerprint density at radius 2 is 1.60 bits per heavy atom. The molecule has 0 heterocycles. The number of hydrogen-bond acceptors (Lipinski definition) is 5. The summed E-state index contributed by atoms with van der Waals surface area (Å²) in [6.07, 6.45) is 0. The Kier molecular flexibility index (Phi) is 6.51. The van der Waals surface area contributed by atoms with Gasteiger partial charge in [0.15, 0.2) is 11.5 Å². The zero-order chi connectivity index (χ0) is 18.2. The lowest BCUT2D eigenvalue weighted by Crippen LogP contribution is -2.35. The van der Waals surface area contributed by atoms with E-state index in [0.29, 0.717) is 29.5 Å². The third-order valence-electron chi connectivity index (χ3n) is 3.79. The maximum atomic E-state index is 12.6. The normalized spacial score (nSPS) is 10.1. The van der Waals surface area contributed by atoms with Gasteiger partial charge < -0.3 is 24.4 Å². The van der Waals surface area contributed by atoms with Gasteiger partial charge in [-0.05, 0) is 19.1 Å². The number of para-hydroxylation sites is 1. The molecule has 0 bridgehead atoms. The number of anilines is 2. The quantitative estimate of drug-likeness (QED) is 0.797. The standard InChI is InChI=1S/C19H24N2O4/c1-5-21(15-9-7-6-8-10-15)18(22)13-20-14-11-16(23-2)19(25-4)17(12-14)24-3/h6-12,20H,5,13H2,1-4H3. The van der Waals surface area contributed by atoms with Crippen LogP contribution in [0.2, 0.25) is 0 Å². The fourth-order valence-corrected chi connectivity index (χ4v) is 2.57. The van der Waals surface area contributed by atoms with Gasteiger partial charge in [-0.2, -0.15) is 0 Å². The van der Waals surface area contributed by atoms with Crippen LogP contribution in [0.4, 0.5) is 11.4 Å². The molecule has 2 aromatic rings. The molecule has 6 heteroatoms. The molecule has 0 saturated carbocycles. The van der Waals surface area contributed by atoms with Crippen LogP contribution in [0.3, 0.4) is 0 Å². The molecule has 0 aromatic heterocycles. The van der Waals surface area contributed by atoms with Crippen molar-refractivity contribution < 1.29 is 19.0 Å². The second-order valence-electron chi connectivity index (χ2n) is 5.24. The zero-order valence-electron chi connectivity index (χ0n) is 15.0. The first kappa shape index (κ1) is 18.4. The number of benzene rings is 2. The van der Waals surface area contributed by atoms with Crippen LogP contribution < -0.4 is 24.4 Å². The monoisotopic (exact) mass is 344 g/mol. The van der Waals surface area contributed by atoms with E-state index in [2.05, 4.69) is 5.32 Å². The maximum Gasteiger partial charge on any atom is 0.246 e. The number of carbonyl (C=O) groups excluding carboxylic acids is 1. The van der Waals surface area contributed by atoms with E-state index in [1.807, 2.05) is 37.3 Å². The van der Waals surface area contributed by atoms with Crippen molar-refractivity contribution in [2.75, 3.05) is 44.6 Å². The molecule has 0 fully saturated rings. The molecule has 0 saturated heterocycles. The van der Waals surface area contributed by atoms with E-state index in [1.54, 1.807) is 38.4 Å². The lowest BCUT2D eigenvalue weighted by atomic mass is 10.2. The van der Waals surface area contributed by atoms with E-state index in [1.165, 1.54) is 0 Å². The summed E-state index contributed by atoms with van der Waals surface area (Å²) in [6.45, 7) is 2.70. The first-order valence-corrected chi connectivity index (χ1v) is 8.03. The van der Waals surface area contributed by atoms with Crippen molar-refractivity contribution in [3.05, 3.63) is 42.5 Å². The molecule has 2 aromatic carbocycles. The molecule has 25 heavy (non-hydrogen) atoms. The first-order valence-electron chi connectivity index (χ1n) is 8.03. The number of carbonyl (C=O) groups is 1. The highest BCUT2D eigenvalue weighted by molar-refractivity contribution is 5.96. The molecule has 2 rings (SSSR count). The van der Waals surface area contributed by atoms with Crippen LogP contribution in [0.25, 0.3) is 0 Å². The zero-order valence-corrected chi connectivity index (χ0v) is 15.0. The summed E-state index contributed by atoms with van der Waals surface area (Å²) in [7, 11) is 4.66. The van der Waals surface area contributed by atoms with E-state index >= 15 is 0 Å². The topological polar surface area (TPSA) is 60.0 Å². The van der Waals surface area contributed by atoms with E-state index in [4.69, 9.17) is 14.2 Å². The molecule has 0 radical (unpaired) electrons. The summed E-state index contributed by atoms with van der Waals surface area (Å²) < 4.78 is 15.9. The van der Waals surface area contributed by atoms with Crippen molar-refractivity contribution in [1.82, 2.24) is 0 Å². The summed E-state index contributed by atoms with van der Waals surface area (Å²) >= 11 is 0. The third-order valence-corrected chi connectivity index (χ3v) is 3.79. The molecule has 1 N–H and O–H groups in total. The van der Waals surface area contributed by atoms with Gasteiger partial charge in [-0.3, -0.25) is 4.79 Å². The van der Waals surface area contributed by atoms with Crippen molar-refractivity contribution >= 4 is 17.3 Å². The molecule has 6 nitrogen and oxygen atoms in total. The van der Waals surface area contributed by atoms with Gasteiger partial charge in [0.25, 0.3) is 0 Å². The predicted molar refractivity (Wildman–Crippen MR) is 99.1 cm³/mol. The summed E-state index contributed by atoms with van der Waals surface area (Å²) in [6, 6.07) is 13.1. The smallest absolute Gasteiger partial charge is 0.246 e. The fourth-order valence-electron chi connectivity index (χ4n) is 2.57. The Morgan fingerprint density at radius 3 is 2.08 bits per heavy atom. The van der Waals surface area contributed by atoms with Gasteiger partial charge in [-0.25, -0.2) is 0 Å². The Hall–Kier alpha value is -2.89. The molecule has 0 aliphatic heterocycles. The lowest BCUT2D eigenvalue weighted by Gasteiger charge is -2.22. The van der Waals surface area contributed by atoms with Crippen molar-refractivity contribution in [2.45, 2.75) is 6.92 Å². The van der Waals surface area contributed by atoms with Gasteiger partial charge in [-0.1, -0.05) is 18.2 Å². The molecule has 0 aliphatic rings. The van der Waals surface area contributed by atoms with Crippen LogP contribution in [0.15, 0.2) is 42.5 Å².